The fourth-order valence-corrected chi connectivity index (χ4v) is 5.35. The summed E-state index contributed by atoms with van der Waals surface area (Å²) in [5, 5.41) is 13.0. The van der Waals surface area contributed by atoms with Crippen LogP contribution >= 0.6 is 11.6 Å². The quantitative estimate of drug-likeness (QED) is 0.319. The Morgan fingerprint density at radius 1 is 0.795 bits per heavy atom. The van der Waals surface area contributed by atoms with Crippen molar-refractivity contribution in [1.82, 2.24) is 29.8 Å². The van der Waals surface area contributed by atoms with Gasteiger partial charge in [0, 0.05) is 50.5 Å². The van der Waals surface area contributed by atoms with Crippen LogP contribution in [-0.4, -0.2) is 54.7 Å². The van der Waals surface area contributed by atoms with Crippen molar-refractivity contribution in [3.8, 4) is 0 Å². The second kappa shape index (κ2) is 11.8. The van der Waals surface area contributed by atoms with Crippen LogP contribution in [0.2, 0.25) is 0 Å². The fraction of sp³-hybridized carbons (Fsp3) is 0.267. The third-order valence-corrected chi connectivity index (χ3v) is 7.23. The van der Waals surface area contributed by atoms with Gasteiger partial charge in [-0.25, -0.2) is 0 Å². The lowest BCUT2D eigenvalue weighted by Crippen LogP contribution is -2.44. The lowest BCUT2D eigenvalue weighted by atomic mass is 10.0. The Balaban J connectivity index is 0.000000198. The van der Waals surface area contributed by atoms with E-state index in [1.165, 1.54) is 10.2 Å². The van der Waals surface area contributed by atoms with Gasteiger partial charge in [-0.3, -0.25) is 23.9 Å². The van der Waals surface area contributed by atoms with E-state index in [2.05, 4.69) is 44.7 Å². The molecule has 0 bridgehead atoms. The second-order valence-electron chi connectivity index (χ2n) is 9.76. The third kappa shape index (κ3) is 6.02. The molecule has 3 aromatic carbocycles. The number of aromatic nitrogens is 4. The standard InChI is InChI=1S/C21H24N4O.C9H7ClN2O/c1-24-20(18-9-5-6-10-19(18)23-24)21(26)22-17-11-13-25(14-12-17)15-16-7-3-2-4-8-16;1-12-8(9(10)13)6-4-2-3-5-7(6)11-12/h2-10,17H,11-15H2,1H3,(H,22,26);2-5H,1H3. The number of piperidine rings is 1. The lowest BCUT2D eigenvalue weighted by Gasteiger charge is -2.32. The average molecular weight is 543 g/mol. The summed E-state index contributed by atoms with van der Waals surface area (Å²) in [4.78, 5) is 26.3. The number of aryl methyl sites for hydroxylation is 2. The van der Waals surface area contributed by atoms with Crippen molar-refractivity contribution < 1.29 is 9.59 Å². The van der Waals surface area contributed by atoms with Crippen molar-refractivity contribution in [2.24, 2.45) is 14.1 Å². The van der Waals surface area contributed by atoms with Gasteiger partial charge in [0.05, 0.1) is 11.0 Å². The van der Waals surface area contributed by atoms with E-state index in [1.807, 2.05) is 61.6 Å². The molecule has 0 aliphatic carbocycles. The summed E-state index contributed by atoms with van der Waals surface area (Å²) in [6.45, 7) is 2.99. The van der Waals surface area contributed by atoms with Crippen molar-refractivity contribution in [3.63, 3.8) is 0 Å². The Bertz CT molecular complexity index is 1600. The Labute approximate surface area is 232 Å². The average Bonchev–Trinajstić information content (AvgIpc) is 3.46. The zero-order valence-corrected chi connectivity index (χ0v) is 22.8. The molecule has 5 aromatic rings. The Morgan fingerprint density at radius 2 is 1.31 bits per heavy atom. The molecule has 2 aromatic heterocycles. The van der Waals surface area contributed by atoms with E-state index in [9.17, 15) is 9.59 Å². The van der Waals surface area contributed by atoms with Crippen LogP contribution in [0.1, 0.15) is 39.4 Å². The molecule has 39 heavy (non-hydrogen) atoms. The molecule has 1 fully saturated rings. The summed E-state index contributed by atoms with van der Waals surface area (Å²) < 4.78 is 3.19. The highest BCUT2D eigenvalue weighted by Gasteiger charge is 2.23. The van der Waals surface area contributed by atoms with Gasteiger partial charge in [0.1, 0.15) is 11.4 Å². The number of fused-ring (bicyclic) bond motifs is 2. The third-order valence-electron chi connectivity index (χ3n) is 7.05. The number of benzene rings is 3. The van der Waals surface area contributed by atoms with E-state index in [-0.39, 0.29) is 11.9 Å². The van der Waals surface area contributed by atoms with Crippen molar-refractivity contribution >= 4 is 44.6 Å². The van der Waals surface area contributed by atoms with E-state index in [1.54, 1.807) is 11.7 Å². The summed E-state index contributed by atoms with van der Waals surface area (Å²) in [6.07, 6.45) is 1.96. The number of hydrogen-bond donors (Lipinski definition) is 1. The van der Waals surface area contributed by atoms with E-state index >= 15 is 0 Å². The second-order valence-corrected chi connectivity index (χ2v) is 10.1. The Morgan fingerprint density at radius 3 is 1.90 bits per heavy atom. The molecule has 0 saturated carbocycles. The van der Waals surface area contributed by atoms with Crippen LogP contribution in [-0.2, 0) is 20.6 Å². The molecule has 3 heterocycles. The summed E-state index contributed by atoms with van der Waals surface area (Å²) in [5.41, 5.74) is 4.08. The van der Waals surface area contributed by atoms with Crippen molar-refractivity contribution in [3.05, 3.63) is 95.8 Å². The van der Waals surface area contributed by atoms with Gasteiger partial charge in [0.25, 0.3) is 11.1 Å². The molecule has 200 valence electrons. The van der Waals surface area contributed by atoms with Crippen LogP contribution in [0.3, 0.4) is 0 Å². The molecule has 0 radical (unpaired) electrons. The van der Waals surface area contributed by atoms with Gasteiger partial charge in [-0.15, -0.1) is 0 Å². The molecule has 1 N–H and O–H groups in total. The minimum atomic E-state index is -0.476. The maximum atomic E-state index is 12.8. The fourth-order valence-electron chi connectivity index (χ4n) is 5.13. The number of amides is 1. The minimum absolute atomic E-state index is 0.0253. The first-order valence-electron chi connectivity index (χ1n) is 13.0. The van der Waals surface area contributed by atoms with Crippen LogP contribution in [0, 0.1) is 0 Å². The van der Waals surface area contributed by atoms with E-state index in [4.69, 9.17) is 11.6 Å². The van der Waals surface area contributed by atoms with E-state index in [0.717, 1.165) is 54.3 Å². The molecule has 1 saturated heterocycles. The summed E-state index contributed by atoms with van der Waals surface area (Å²) >= 11 is 5.43. The molecule has 0 unspecified atom stereocenters. The predicted octanol–water partition coefficient (Wildman–Crippen LogP) is 4.92. The van der Waals surface area contributed by atoms with E-state index < -0.39 is 5.24 Å². The number of carbonyl (C=O) groups excluding carboxylic acids is 2. The van der Waals surface area contributed by atoms with Crippen LogP contribution in [0.25, 0.3) is 21.8 Å². The number of rotatable bonds is 5. The molecule has 9 heteroatoms. The van der Waals surface area contributed by atoms with Crippen LogP contribution < -0.4 is 5.32 Å². The van der Waals surface area contributed by atoms with Gasteiger partial charge in [0.2, 0.25) is 0 Å². The number of likely N-dealkylation sites (tertiary alicyclic amines) is 1. The summed E-state index contributed by atoms with van der Waals surface area (Å²) in [7, 11) is 3.53. The molecule has 6 rings (SSSR count). The summed E-state index contributed by atoms with van der Waals surface area (Å²) in [5.74, 6) is -0.0253. The first-order chi connectivity index (χ1) is 18.9. The predicted molar refractivity (Wildman–Crippen MR) is 154 cm³/mol. The first-order valence-corrected chi connectivity index (χ1v) is 13.4. The Hall–Kier alpha value is -4.01. The Kier molecular flexibility index (Phi) is 8.05. The molecule has 8 nitrogen and oxygen atoms in total. The number of hydrogen-bond acceptors (Lipinski definition) is 5. The number of nitrogens with one attached hydrogen (secondary N) is 1. The zero-order valence-electron chi connectivity index (χ0n) is 22.0. The van der Waals surface area contributed by atoms with Gasteiger partial charge in [-0.05, 0) is 42.1 Å². The topological polar surface area (TPSA) is 85.0 Å². The number of halogens is 1. The van der Waals surface area contributed by atoms with Crippen LogP contribution in [0.4, 0.5) is 0 Å². The maximum absolute atomic E-state index is 12.8. The van der Waals surface area contributed by atoms with Gasteiger partial charge in [-0.1, -0.05) is 66.7 Å². The smallest absolute Gasteiger partial charge is 0.271 e. The first kappa shape index (κ1) is 26.6. The van der Waals surface area contributed by atoms with Gasteiger partial charge in [0.15, 0.2) is 0 Å². The monoisotopic (exact) mass is 542 g/mol. The van der Waals surface area contributed by atoms with Crippen molar-refractivity contribution in [1.29, 1.82) is 0 Å². The molecule has 1 aliphatic rings. The molecular formula is C30H31ClN6O2. The van der Waals surface area contributed by atoms with Crippen LogP contribution in [0.5, 0.6) is 0 Å². The zero-order chi connectivity index (χ0) is 27.4. The maximum Gasteiger partial charge on any atom is 0.271 e. The molecule has 0 spiro atoms. The van der Waals surface area contributed by atoms with Gasteiger partial charge < -0.3 is 5.32 Å². The van der Waals surface area contributed by atoms with Gasteiger partial charge in [-0.2, -0.15) is 10.2 Å². The lowest BCUT2D eigenvalue weighted by molar-refractivity contribution is 0.0900. The number of carbonyl (C=O) groups is 2. The molecule has 1 amide bonds. The molecule has 1 aliphatic heterocycles. The SMILES string of the molecule is Cn1nc2ccccc2c1C(=O)Cl.Cn1nc2ccccc2c1C(=O)NC1CCN(Cc2ccccc2)CC1. The van der Waals surface area contributed by atoms with Crippen molar-refractivity contribution in [2.75, 3.05) is 13.1 Å². The highest BCUT2D eigenvalue weighted by molar-refractivity contribution is 6.68. The van der Waals surface area contributed by atoms with Crippen LogP contribution in [0.15, 0.2) is 78.9 Å². The summed E-state index contributed by atoms with van der Waals surface area (Å²) in [6, 6.07) is 26.0. The molecular weight excluding hydrogens is 512 g/mol. The van der Waals surface area contributed by atoms with Gasteiger partial charge >= 0.3 is 0 Å². The highest BCUT2D eigenvalue weighted by atomic mass is 35.5. The largest absolute Gasteiger partial charge is 0.348 e. The minimum Gasteiger partial charge on any atom is -0.348 e. The highest BCUT2D eigenvalue weighted by Crippen LogP contribution is 2.20. The number of nitrogens with zero attached hydrogens (tertiary/aromatic N) is 5. The molecule has 0 atom stereocenters. The van der Waals surface area contributed by atoms with Crippen molar-refractivity contribution in [2.45, 2.75) is 25.4 Å². The normalized spacial score (nSPS) is 14.2. The van der Waals surface area contributed by atoms with E-state index in [0.29, 0.717) is 11.4 Å².